The lowest BCUT2D eigenvalue weighted by atomic mass is 9.78. The van der Waals surface area contributed by atoms with Gasteiger partial charge in [0.05, 0.1) is 11.2 Å². The molecule has 7 rings (SSSR count). The molecule has 1 fully saturated rings. The summed E-state index contributed by atoms with van der Waals surface area (Å²) < 4.78 is 18.9. The minimum absolute atomic E-state index is 0.360. The first kappa shape index (κ1) is 21.7. The molecule has 0 saturated carbocycles. The van der Waals surface area contributed by atoms with E-state index in [-0.39, 0.29) is 18.3 Å². The van der Waals surface area contributed by atoms with Gasteiger partial charge in [0.2, 0.25) is 0 Å². The maximum absolute atomic E-state index is 6.31. The third kappa shape index (κ3) is 3.22. The van der Waals surface area contributed by atoms with Crippen LogP contribution in [-0.4, -0.2) is 18.3 Å². The maximum atomic E-state index is 6.31. The summed E-state index contributed by atoms with van der Waals surface area (Å²) in [6.07, 6.45) is 0. The quantitative estimate of drug-likeness (QED) is 0.242. The average Bonchev–Trinajstić information content (AvgIpc) is 3.36. The Bertz CT molecular complexity index is 1800. The van der Waals surface area contributed by atoms with Crippen molar-refractivity contribution in [2.75, 3.05) is 0 Å². The summed E-state index contributed by atoms with van der Waals surface area (Å²) in [4.78, 5) is 0. The summed E-state index contributed by atoms with van der Waals surface area (Å²) in [5, 5.41) is 6.98. The number of hydrogen-bond donors (Lipinski definition) is 0. The lowest BCUT2D eigenvalue weighted by Crippen LogP contribution is -2.41. The smallest absolute Gasteiger partial charge is 0.455 e. The number of fused-ring (bicyclic) bond motifs is 6. The van der Waals surface area contributed by atoms with Crippen molar-refractivity contribution >= 4 is 56.1 Å². The average molecular weight is 470 g/mol. The lowest BCUT2D eigenvalue weighted by Gasteiger charge is -2.32. The highest BCUT2D eigenvalue weighted by atomic mass is 16.7. The second-order valence-electron chi connectivity index (χ2n) is 10.9. The third-order valence-electron chi connectivity index (χ3n) is 8.08. The van der Waals surface area contributed by atoms with E-state index in [0.29, 0.717) is 0 Å². The normalized spacial score (nSPS) is 17.1. The molecule has 0 radical (unpaired) electrons. The van der Waals surface area contributed by atoms with Crippen LogP contribution in [0.3, 0.4) is 0 Å². The van der Waals surface area contributed by atoms with Gasteiger partial charge in [-0.1, -0.05) is 66.7 Å². The summed E-state index contributed by atoms with van der Waals surface area (Å²) in [6.45, 7) is 8.35. The van der Waals surface area contributed by atoms with Crippen LogP contribution in [0.25, 0.3) is 54.6 Å². The van der Waals surface area contributed by atoms with Gasteiger partial charge in [-0.3, -0.25) is 0 Å². The van der Waals surface area contributed by atoms with Crippen molar-refractivity contribution in [2.45, 2.75) is 38.9 Å². The molecule has 4 heteroatoms. The Labute approximate surface area is 210 Å². The van der Waals surface area contributed by atoms with E-state index in [2.05, 4.69) is 107 Å². The third-order valence-corrected chi connectivity index (χ3v) is 8.08. The van der Waals surface area contributed by atoms with Crippen molar-refractivity contribution in [3.63, 3.8) is 0 Å². The number of hydrogen-bond acceptors (Lipinski definition) is 3. The fourth-order valence-electron chi connectivity index (χ4n) is 5.25. The zero-order valence-electron chi connectivity index (χ0n) is 21.0. The molecule has 1 aliphatic heterocycles. The van der Waals surface area contributed by atoms with Gasteiger partial charge in [-0.2, -0.15) is 0 Å². The fourth-order valence-corrected chi connectivity index (χ4v) is 5.25. The standard InChI is InChI=1S/C32H27BO3/c1-31(2)32(3,4)36-33(35-31)25-15-13-20-9-11-22(17-24(20)18-25)23-12-10-21-14-16-27-26-7-5-6-8-29(26)34-30(27)28(21)19-23/h5-19H,1-4H3. The van der Waals surface area contributed by atoms with Crippen molar-refractivity contribution in [3.8, 4) is 11.1 Å². The number of furan rings is 1. The van der Waals surface area contributed by atoms with Crippen molar-refractivity contribution in [3.05, 3.63) is 91.0 Å². The first-order valence-corrected chi connectivity index (χ1v) is 12.5. The molecule has 176 valence electrons. The number of rotatable bonds is 2. The topological polar surface area (TPSA) is 31.6 Å². The van der Waals surface area contributed by atoms with Gasteiger partial charge in [-0.15, -0.1) is 0 Å². The zero-order valence-corrected chi connectivity index (χ0v) is 21.0. The van der Waals surface area contributed by atoms with Gasteiger partial charge in [0.1, 0.15) is 11.2 Å². The molecular weight excluding hydrogens is 443 g/mol. The van der Waals surface area contributed by atoms with Crippen molar-refractivity contribution in [1.29, 1.82) is 0 Å². The van der Waals surface area contributed by atoms with Gasteiger partial charge in [0, 0.05) is 16.2 Å². The molecule has 1 aliphatic rings. The molecule has 1 aromatic heterocycles. The Morgan fingerprint density at radius 3 is 2.03 bits per heavy atom. The van der Waals surface area contributed by atoms with E-state index in [9.17, 15) is 0 Å². The van der Waals surface area contributed by atoms with E-state index >= 15 is 0 Å². The van der Waals surface area contributed by atoms with Crippen LogP contribution >= 0.6 is 0 Å². The van der Waals surface area contributed by atoms with Crippen LogP contribution in [0.15, 0.2) is 95.4 Å². The summed E-state index contributed by atoms with van der Waals surface area (Å²) in [6, 6.07) is 32.3. The molecule has 0 unspecified atom stereocenters. The largest absolute Gasteiger partial charge is 0.494 e. The van der Waals surface area contributed by atoms with E-state index in [0.717, 1.165) is 32.8 Å². The van der Waals surface area contributed by atoms with Gasteiger partial charge in [-0.05, 0) is 84.7 Å². The first-order chi connectivity index (χ1) is 17.3. The van der Waals surface area contributed by atoms with E-state index in [4.69, 9.17) is 13.7 Å². The zero-order chi connectivity index (χ0) is 24.7. The van der Waals surface area contributed by atoms with Crippen molar-refractivity contribution in [1.82, 2.24) is 0 Å². The van der Waals surface area contributed by atoms with Gasteiger partial charge >= 0.3 is 7.12 Å². The Hall–Kier alpha value is -3.60. The SMILES string of the molecule is CC1(C)OB(c2ccc3ccc(-c4ccc5ccc6c7ccccc7oc6c5c4)cc3c2)OC1(C)C. The Morgan fingerprint density at radius 1 is 0.556 bits per heavy atom. The van der Waals surface area contributed by atoms with E-state index in [1.54, 1.807) is 0 Å². The van der Waals surface area contributed by atoms with E-state index in [1.165, 1.54) is 27.3 Å². The van der Waals surface area contributed by atoms with E-state index < -0.39 is 0 Å². The highest BCUT2D eigenvalue weighted by molar-refractivity contribution is 6.62. The summed E-state index contributed by atoms with van der Waals surface area (Å²) in [5.41, 5.74) is 4.52. The second-order valence-corrected chi connectivity index (χ2v) is 10.9. The molecule has 3 nitrogen and oxygen atoms in total. The molecule has 0 spiro atoms. The highest BCUT2D eigenvalue weighted by Gasteiger charge is 2.51. The molecule has 5 aromatic carbocycles. The fraction of sp³-hybridized carbons (Fsp3) is 0.188. The molecule has 0 aliphatic carbocycles. The summed E-state index contributed by atoms with van der Waals surface area (Å²) in [5.74, 6) is 0. The van der Waals surface area contributed by atoms with Crippen LogP contribution in [0.1, 0.15) is 27.7 Å². The molecule has 6 aromatic rings. The molecule has 0 atom stereocenters. The Balaban J connectivity index is 1.33. The molecule has 2 heterocycles. The van der Waals surface area contributed by atoms with Crippen LogP contribution in [0.4, 0.5) is 0 Å². The van der Waals surface area contributed by atoms with Crippen LogP contribution in [0.5, 0.6) is 0 Å². The maximum Gasteiger partial charge on any atom is 0.494 e. The summed E-state index contributed by atoms with van der Waals surface area (Å²) >= 11 is 0. The predicted octanol–water partition coefficient (Wildman–Crippen LogP) is 7.86. The molecular formula is C32H27BO3. The van der Waals surface area contributed by atoms with Gasteiger partial charge < -0.3 is 13.7 Å². The van der Waals surface area contributed by atoms with Crippen LogP contribution in [0.2, 0.25) is 0 Å². The van der Waals surface area contributed by atoms with Gasteiger partial charge in [0.25, 0.3) is 0 Å². The van der Waals surface area contributed by atoms with E-state index in [1.807, 2.05) is 12.1 Å². The van der Waals surface area contributed by atoms with Gasteiger partial charge in [0.15, 0.2) is 0 Å². The molecule has 1 saturated heterocycles. The Morgan fingerprint density at radius 2 is 1.22 bits per heavy atom. The second kappa shape index (κ2) is 7.46. The minimum atomic E-state index is -0.370. The first-order valence-electron chi connectivity index (χ1n) is 12.5. The molecule has 0 N–H and O–H groups in total. The number of para-hydroxylation sites is 1. The van der Waals surface area contributed by atoms with Crippen LogP contribution < -0.4 is 5.46 Å². The van der Waals surface area contributed by atoms with Crippen molar-refractivity contribution in [2.24, 2.45) is 0 Å². The molecule has 36 heavy (non-hydrogen) atoms. The predicted molar refractivity (Wildman–Crippen MR) is 150 cm³/mol. The van der Waals surface area contributed by atoms with Crippen LogP contribution in [-0.2, 0) is 9.31 Å². The highest BCUT2D eigenvalue weighted by Crippen LogP contribution is 2.38. The van der Waals surface area contributed by atoms with Crippen LogP contribution in [0, 0.1) is 0 Å². The molecule has 0 bridgehead atoms. The number of benzene rings is 5. The lowest BCUT2D eigenvalue weighted by molar-refractivity contribution is 0.00578. The van der Waals surface area contributed by atoms with Gasteiger partial charge in [-0.25, -0.2) is 0 Å². The molecule has 0 amide bonds. The van der Waals surface area contributed by atoms with Crippen molar-refractivity contribution < 1.29 is 13.7 Å². The Kier molecular flexibility index (Phi) is 4.49. The monoisotopic (exact) mass is 470 g/mol. The summed E-state index contributed by atoms with van der Waals surface area (Å²) in [7, 11) is -0.370. The minimum Gasteiger partial charge on any atom is -0.455 e.